The summed E-state index contributed by atoms with van der Waals surface area (Å²) in [6.07, 6.45) is 3.65. The molecule has 1 unspecified atom stereocenters. The molecule has 6 nitrogen and oxygen atoms in total. The Labute approximate surface area is 178 Å². The number of nitrogens with zero attached hydrogens (tertiary/aromatic N) is 5. The van der Waals surface area contributed by atoms with Crippen LogP contribution in [-0.2, 0) is 4.79 Å². The van der Waals surface area contributed by atoms with E-state index in [-0.39, 0.29) is 17.6 Å². The smallest absolute Gasteiger partial charge is 0.227 e. The molecule has 2 aliphatic rings. The molecule has 0 spiro atoms. The van der Waals surface area contributed by atoms with Crippen molar-refractivity contribution in [2.75, 3.05) is 49.1 Å². The van der Waals surface area contributed by atoms with Gasteiger partial charge in [-0.3, -0.25) is 4.79 Å². The minimum atomic E-state index is -0.287. The molecule has 30 heavy (non-hydrogen) atoms. The van der Waals surface area contributed by atoms with Gasteiger partial charge in [0.2, 0.25) is 5.91 Å². The molecule has 0 radical (unpaired) electrons. The predicted octanol–water partition coefficient (Wildman–Crippen LogP) is 3.40. The van der Waals surface area contributed by atoms with E-state index in [0.717, 1.165) is 61.2 Å². The number of pyridine rings is 1. The standard InChI is InChI=1S/C22H24FN5OS/c23-17-6-3-7-18-20(17)25-22(30-18)28-10-4-5-16(15-28)21(29)27-13-11-26(12-14-27)19-8-1-2-9-24-19/h1-3,6-9,16H,4-5,10-15H2. The van der Waals surface area contributed by atoms with E-state index in [4.69, 9.17) is 0 Å². The van der Waals surface area contributed by atoms with Crippen LogP contribution >= 0.6 is 11.3 Å². The molecule has 2 aromatic heterocycles. The first-order valence-electron chi connectivity index (χ1n) is 10.4. The second kappa shape index (κ2) is 8.18. The summed E-state index contributed by atoms with van der Waals surface area (Å²) in [5.74, 6) is 0.881. The Bertz CT molecular complexity index is 1030. The summed E-state index contributed by atoms with van der Waals surface area (Å²) in [6.45, 7) is 4.56. The number of rotatable bonds is 3. The van der Waals surface area contributed by atoms with Crippen molar-refractivity contribution in [3.63, 3.8) is 0 Å². The van der Waals surface area contributed by atoms with Gasteiger partial charge in [0.05, 0.1) is 10.6 Å². The lowest BCUT2D eigenvalue weighted by Crippen LogP contribution is -2.52. The number of aromatic nitrogens is 2. The SMILES string of the molecule is O=C(C1CCCN(c2nc3c(F)cccc3s2)C1)N1CCN(c2ccccn2)CC1. The third kappa shape index (κ3) is 3.71. The number of hydrogen-bond donors (Lipinski definition) is 0. The number of carbonyl (C=O) groups is 1. The van der Waals surface area contributed by atoms with Crippen LogP contribution in [0.4, 0.5) is 15.3 Å². The Balaban J connectivity index is 1.23. The fourth-order valence-electron chi connectivity index (χ4n) is 4.35. The molecule has 2 aliphatic heterocycles. The third-order valence-electron chi connectivity index (χ3n) is 5.96. The van der Waals surface area contributed by atoms with Crippen LogP contribution in [0.25, 0.3) is 10.2 Å². The molecule has 5 rings (SSSR count). The number of para-hydroxylation sites is 1. The summed E-state index contributed by atoms with van der Waals surface area (Å²) >= 11 is 1.50. The number of thiazole rings is 1. The Morgan fingerprint density at radius 1 is 1.03 bits per heavy atom. The summed E-state index contributed by atoms with van der Waals surface area (Å²) in [7, 11) is 0. The maximum atomic E-state index is 14.0. The molecule has 1 atom stereocenters. The van der Waals surface area contributed by atoms with Crippen molar-refractivity contribution in [1.29, 1.82) is 0 Å². The minimum absolute atomic E-state index is 0.0305. The van der Waals surface area contributed by atoms with Crippen molar-refractivity contribution >= 4 is 38.4 Å². The van der Waals surface area contributed by atoms with Gasteiger partial charge in [0.25, 0.3) is 0 Å². The molecule has 1 aromatic carbocycles. The maximum absolute atomic E-state index is 14.0. The molecule has 2 saturated heterocycles. The molecule has 1 amide bonds. The van der Waals surface area contributed by atoms with Crippen LogP contribution in [-0.4, -0.2) is 60.0 Å². The quantitative estimate of drug-likeness (QED) is 0.644. The normalized spacial score (nSPS) is 20.0. The fraction of sp³-hybridized carbons (Fsp3) is 0.409. The second-order valence-electron chi connectivity index (χ2n) is 7.87. The highest BCUT2D eigenvalue weighted by atomic mass is 32.1. The molecule has 2 fully saturated rings. The van der Waals surface area contributed by atoms with Crippen LogP contribution < -0.4 is 9.80 Å². The number of halogens is 1. The summed E-state index contributed by atoms with van der Waals surface area (Å²) in [6, 6.07) is 11.0. The van der Waals surface area contributed by atoms with Crippen LogP contribution in [0.1, 0.15) is 12.8 Å². The van der Waals surface area contributed by atoms with Gasteiger partial charge in [0, 0.05) is 45.5 Å². The Morgan fingerprint density at radius 2 is 1.90 bits per heavy atom. The van der Waals surface area contributed by atoms with Crippen molar-refractivity contribution in [2.45, 2.75) is 12.8 Å². The average molecular weight is 426 g/mol. The van der Waals surface area contributed by atoms with E-state index in [9.17, 15) is 9.18 Å². The maximum Gasteiger partial charge on any atom is 0.227 e. The molecule has 0 aliphatic carbocycles. The van der Waals surface area contributed by atoms with Gasteiger partial charge in [-0.1, -0.05) is 23.5 Å². The first kappa shape index (κ1) is 19.2. The Hall–Kier alpha value is -2.74. The molecule has 8 heteroatoms. The zero-order valence-corrected chi connectivity index (χ0v) is 17.5. The van der Waals surface area contributed by atoms with Crippen molar-refractivity contribution in [3.8, 4) is 0 Å². The van der Waals surface area contributed by atoms with Crippen molar-refractivity contribution in [3.05, 3.63) is 48.4 Å². The summed E-state index contributed by atoms with van der Waals surface area (Å²) in [5, 5.41) is 0.813. The topological polar surface area (TPSA) is 52.6 Å². The molecule has 3 aromatic rings. The van der Waals surface area contributed by atoms with E-state index < -0.39 is 0 Å². The Kier molecular flexibility index (Phi) is 5.25. The van der Waals surface area contributed by atoms with Gasteiger partial charge in [0.1, 0.15) is 17.2 Å². The van der Waals surface area contributed by atoms with Gasteiger partial charge >= 0.3 is 0 Å². The van der Waals surface area contributed by atoms with Crippen LogP contribution in [0.3, 0.4) is 0 Å². The lowest BCUT2D eigenvalue weighted by molar-refractivity contribution is -0.136. The van der Waals surface area contributed by atoms with Gasteiger partial charge in [-0.15, -0.1) is 0 Å². The van der Waals surface area contributed by atoms with Gasteiger partial charge in [-0.2, -0.15) is 0 Å². The molecule has 0 N–H and O–H groups in total. The van der Waals surface area contributed by atoms with Gasteiger partial charge in [-0.05, 0) is 37.1 Å². The number of amides is 1. The van der Waals surface area contributed by atoms with Crippen LogP contribution in [0.5, 0.6) is 0 Å². The number of piperazine rings is 1. The lowest BCUT2D eigenvalue weighted by Gasteiger charge is -2.39. The van der Waals surface area contributed by atoms with Crippen molar-refractivity contribution in [2.24, 2.45) is 5.92 Å². The van der Waals surface area contributed by atoms with Crippen molar-refractivity contribution < 1.29 is 9.18 Å². The number of anilines is 2. The van der Waals surface area contributed by atoms with E-state index in [2.05, 4.69) is 19.8 Å². The summed E-state index contributed by atoms with van der Waals surface area (Å²) < 4.78 is 14.9. The van der Waals surface area contributed by atoms with Gasteiger partial charge < -0.3 is 14.7 Å². The first-order chi connectivity index (χ1) is 14.7. The van der Waals surface area contributed by atoms with Gasteiger partial charge in [-0.25, -0.2) is 14.4 Å². The largest absolute Gasteiger partial charge is 0.353 e. The highest BCUT2D eigenvalue weighted by Gasteiger charge is 2.32. The Morgan fingerprint density at radius 3 is 2.67 bits per heavy atom. The minimum Gasteiger partial charge on any atom is -0.353 e. The number of piperidine rings is 1. The van der Waals surface area contributed by atoms with E-state index >= 15 is 0 Å². The number of benzene rings is 1. The molecule has 156 valence electrons. The van der Waals surface area contributed by atoms with Gasteiger partial charge in [0.15, 0.2) is 5.13 Å². The summed E-state index contributed by atoms with van der Waals surface area (Å²) in [4.78, 5) is 28.5. The predicted molar refractivity (Wildman–Crippen MR) is 118 cm³/mol. The average Bonchev–Trinajstić information content (AvgIpc) is 3.25. The van der Waals surface area contributed by atoms with Crippen LogP contribution in [0.15, 0.2) is 42.6 Å². The highest BCUT2D eigenvalue weighted by Crippen LogP contribution is 2.33. The zero-order valence-electron chi connectivity index (χ0n) is 16.7. The second-order valence-corrected chi connectivity index (χ2v) is 8.88. The molecule has 0 saturated carbocycles. The van der Waals surface area contributed by atoms with Crippen LogP contribution in [0.2, 0.25) is 0 Å². The highest BCUT2D eigenvalue weighted by molar-refractivity contribution is 7.22. The lowest BCUT2D eigenvalue weighted by atomic mass is 9.96. The molecular weight excluding hydrogens is 401 g/mol. The van der Waals surface area contributed by atoms with E-state index in [0.29, 0.717) is 12.1 Å². The third-order valence-corrected chi connectivity index (χ3v) is 7.05. The van der Waals surface area contributed by atoms with E-state index in [1.807, 2.05) is 29.2 Å². The van der Waals surface area contributed by atoms with Crippen LogP contribution in [0, 0.1) is 11.7 Å². The number of hydrogen-bond acceptors (Lipinski definition) is 6. The fourth-order valence-corrected chi connectivity index (χ4v) is 5.36. The van der Waals surface area contributed by atoms with E-state index in [1.165, 1.54) is 17.4 Å². The molecule has 0 bridgehead atoms. The zero-order chi connectivity index (χ0) is 20.5. The molecular formula is C22H24FN5OS. The summed E-state index contributed by atoms with van der Waals surface area (Å²) in [5.41, 5.74) is 0.427. The van der Waals surface area contributed by atoms with Crippen molar-refractivity contribution in [1.82, 2.24) is 14.9 Å². The molecule has 4 heterocycles. The van der Waals surface area contributed by atoms with E-state index in [1.54, 1.807) is 12.3 Å². The monoisotopic (exact) mass is 425 g/mol. The first-order valence-corrected chi connectivity index (χ1v) is 11.3. The number of fused-ring (bicyclic) bond motifs is 1. The number of carbonyl (C=O) groups excluding carboxylic acids is 1.